The Kier molecular flexibility index (Phi) is 8.11. The molecule has 1 aliphatic rings. The Morgan fingerprint density at radius 3 is 2.56 bits per heavy atom. The number of amides is 1. The fourth-order valence-electron chi connectivity index (χ4n) is 2.37. The topological polar surface area (TPSA) is 115 Å². The Morgan fingerprint density at radius 1 is 1.19 bits per heavy atom. The minimum atomic E-state index is 0.0332. The standard InChI is InChI=1S/C10H13N3O2.C8H13N3O/c1-15-8-2-3-11-9(6-8)13-5-4-12-10(14)7-13;1-12-7-2-4-10-8(6-7)11-5-3-9/h2-3,6H,4-5,7H2,1H3,(H,12,14);2,4,6H,3,5,9H2,1H3,(H,10,11). The fourth-order valence-corrected chi connectivity index (χ4v) is 2.37. The molecular weight excluding hydrogens is 348 g/mol. The number of methoxy groups -OCH3 is 2. The molecule has 0 aromatic carbocycles. The van der Waals surface area contributed by atoms with Crippen LogP contribution in [0.2, 0.25) is 0 Å². The third-order valence-electron chi connectivity index (χ3n) is 3.73. The first-order valence-corrected chi connectivity index (χ1v) is 8.62. The average molecular weight is 374 g/mol. The molecule has 1 fully saturated rings. The average Bonchev–Trinajstić information content (AvgIpc) is 2.73. The molecule has 0 unspecified atom stereocenters. The highest BCUT2D eigenvalue weighted by atomic mass is 16.5. The van der Waals surface area contributed by atoms with Crippen molar-refractivity contribution in [2.45, 2.75) is 0 Å². The van der Waals surface area contributed by atoms with Crippen molar-refractivity contribution < 1.29 is 14.3 Å². The Labute approximate surface area is 158 Å². The van der Waals surface area contributed by atoms with Gasteiger partial charge in [0.15, 0.2) is 0 Å². The molecule has 0 spiro atoms. The van der Waals surface area contributed by atoms with Crippen LogP contribution in [0.3, 0.4) is 0 Å². The van der Waals surface area contributed by atoms with Gasteiger partial charge in [-0.3, -0.25) is 4.79 Å². The minimum absolute atomic E-state index is 0.0332. The normalized spacial score (nSPS) is 13.1. The van der Waals surface area contributed by atoms with Crippen LogP contribution in [0.1, 0.15) is 0 Å². The first kappa shape index (κ1) is 20.2. The molecule has 2 aromatic heterocycles. The molecule has 0 bridgehead atoms. The second-order valence-corrected chi connectivity index (χ2v) is 5.62. The van der Waals surface area contributed by atoms with E-state index in [4.69, 9.17) is 15.2 Å². The number of hydrogen-bond acceptors (Lipinski definition) is 8. The third-order valence-corrected chi connectivity index (χ3v) is 3.73. The molecule has 9 heteroatoms. The maximum absolute atomic E-state index is 11.2. The zero-order chi connectivity index (χ0) is 19.5. The number of anilines is 2. The van der Waals surface area contributed by atoms with Crippen LogP contribution in [0, 0.1) is 0 Å². The van der Waals surface area contributed by atoms with Gasteiger partial charge in [-0.2, -0.15) is 0 Å². The van der Waals surface area contributed by atoms with Crippen molar-refractivity contribution in [3.8, 4) is 11.5 Å². The van der Waals surface area contributed by atoms with E-state index in [1.807, 2.05) is 17.0 Å². The van der Waals surface area contributed by atoms with E-state index in [-0.39, 0.29) is 5.91 Å². The molecule has 4 N–H and O–H groups in total. The number of nitrogens with zero attached hydrogens (tertiary/aromatic N) is 3. The van der Waals surface area contributed by atoms with Crippen LogP contribution in [0.4, 0.5) is 11.6 Å². The van der Waals surface area contributed by atoms with Crippen LogP contribution in [0.5, 0.6) is 11.5 Å². The van der Waals surface area contributed by atoms with Crippen LogP contribution in [0.15, 0.2) is 36.7 Å². The van der Waals surface area contributed by atoms with E-state index in [9.17, 15) is 4.79 Å². The zero-order valence-corrected chi connectivity index (χ0v) is 15.6. The van der Waals surface area contributed by atoms with Gasteiger partial charge in [0.25, 0.3) is 0 Å². The van der Waals surface area contributed by atoms with Crippen molar-refractivity contribution in [1.82, 2.24) is 15.3 Å². The molecule has 2 aromatic rings. The van der Waals surface area contributed by atoms with Crippen molar-refractivity contribution in [3.63, 3.8) is 0 Å². The summed E-state index contributed by atoms with van der Waals surface area (Å²) in [4.78, 5) is 21.4. The summed E-state index contributed by atoms with van der Waals surface area (Å²) in [6.07, 6.45) is 3.37. The third kappa shape index (κ3) is 6.63. The molecule has 0 atom stereocenters. The number of rotatable bonds is 6. The van der Waals surface area contributed by atoms with E-state index in [1.165, 1.54) is 0 Å². The Morgan fingerprint density at radius 2 is 1.89 bits per heavy atom. The summed E-state index contributed by atoms with van der Waals surface area (Å²) in [7, 11) is 3.24. The van der Waals surface area contributed by atoms with Crippen molar-refractivity contribution in [2.24, 2.45) is 5.73 Å². The quantitative estimate of drug-likeness (QED) is 0.669. The molecule has 27 heavy (non-hydrogen) atoms. The number of carbonyl (C=O) groups is 1. The summed E-state index contributed by atoms with van der Waals surface area (Å²) >= 11 is 0. The van der Waals surface area contributed by atoms with E-state index in [1.54, 1.807) is 38.7 Å². The number of nitrogens with two attached hydrogens (primary N) is 1. The van der Waals surface area contributed by atoms with Crippen LogP contribution >= 0.6 is 0 Å². The molecule has 0 radical (unpaired) electrons. The highest BCUT2D eigenvalue weighted by molar-refractivity contribution is 5.82. The lowest BCUT2D eigenvalue weighted by Crippen LogP contribution is -2.48. The smallest absolute Gasteiger partial charge is 0.239 e. The van der Waals surface area contributed by atoms with E-state index >= 15 is 0 Å². The van der Waals surface area contributed by atoms with Crippen LogP contribution in [0.25, 0.3) is 0 Å². The number of pyridine rings is 2. The number of aromatic nitrogens is 2. The first-order chi connectivity index (χ1) is 13.2. The summed E-state index contributed by atoms with van der Waals surface area (Å²) in [6, 6.07) is 7.25. The minimum Gasteiger partial charge on any atom is -0.497 e. The van der Waals surface area contributed by atoms with Crippen molar-refractivity contribution in [1.29, 1.82) is 0 Å². The van der Waals surface area contributed by atoms with E-state index in [0.29, 0.717) is 19.6 Å². The number of ether oxygens (including phenoxy) is 2. The van der Waals surface area contributed by atoms with Gasteiger partial charge in [0.2, 0.25) is 5.91 Å². The van der Waals surface area contributed by atoms with Crippen LogP contribution < -0.4 is 30.7 Å². The molecule has 9 nitrogen and oxygen atoms in total. The highest BCUT2D eigenvalue weighted by Crippen LogP contribution is 2.18. The van der Waals surface area contributed by atoms with E-state index in [0.717, 1.165) is 36.2 Å². The molecule has 0 saturated carbocycles. The van der Waals surface area contributed by atoms with Gasteiger partial charge in [-0.25, -0.2) is 9.97 Å². The van der Waals surface area contributed by atoms with Gasteiger partial charge in [0.1, 0.15) is 23.1 Å². The second kappa shape index (κ2) is 10.8. The molecule has 146 valence electrons. The van der Waals surface area contributed by atoms with Crippen molar-refractivity contribution in [2.75, 3.05) is 57.2 Å². The molecule has 3 heterocycles. The maximum atomic E-state index is 11.2. The number of piperazine rings is 1. The Bertz CT molecular complexity index is 728. The predicted octanol–water partition coefficient (Wildman–Crippen LogP) is 0.487. The van der Waals surface area contributed by atoms with E-state index < -0.39 is 0 Å². The van der Waals surface area contributed by atoms with Gasteiger partial charge in [-0.15, -0.1) is 0 Å². The van der Waals surface area contributed by atoms with Crippen molar-refractivity contribution in [3.05, 3.63) is 36.7 Å². The lowest BCUT2D eigenvalue weighted by atomic mass is 10.3. The van der Waals surface area contributed by atoms with Gasteiger partial charge in [-0.1, -0.05) is 0 Å². The number of carbonyl (C=O) groups excluding carboxylic acids is 1. The summed E-state index contributed by atoms with van der Waals surface area (Å²) in [5.41, 5.74) is 5.33. The maximum Gasteiger partial charge on any atom is 0.239 e. The van der Waals surface area contributed by atoms with Crippen LogP contribution in [-0.4, -0.2) is 62.8 Å². The zero-order valence-electron chi connectivity index (χ0n) is 15.6. The van der Waals surface area contributed by atoms with Crippen molar-refractivity contribution >= 4 is 17.5 Å². The van der Waals surface area contributed by atoms with Gasteiger partial charge in [0.05, 0.1) is 20.8 Å². The molecule has 1 aliphatic heterocycles. The summed E-state index contributed by atoms with van der Waals surface area (Å²) in [5.74, 6) is 3.16. The summed E-state index contributed by atoms with van der Waals surface area (Å²) < 4.78 is 10.1. The molecule has 3 rings (SSSR count). The number of nitrogens with one attached hydrogen (secondary N) is 2. The van der Waals surface area contributed by atoms with E-state index in [2.05, 4.69) is 20.6 Å². The summed E-state index contributed by atoms with van der Waals surface area (Å²) in [6.45, 7) is 3.13. The molecule has 0 aliphatic carbocycles. The fraction of sp³-hybridized carbons (Fsp3) is 0.389. The predicted molar refractivity (Wildman–Crippen MR) is 104 cm³/mol. The van der Waals surface area contributed by atoms with Gasteiger partial charge in [-0.05, 0) is 12.1 Å². The SMILES string of the molecule is COc1ccnc(N2CCNC(=O)C2)c1.COc1ccnc(NCCN)c1. The van der Waals surface area contributed by atoms with Gasteiger partial charge >= 0.3 is 0 Å². The van der Waals surface area contributed by atoms with Gasteiger partial charge in [0, 0.05) is 50.7 Å². The lowest BCUT2D eigenvalue weighted by molar-refractivity contribution is -0.120. The summed E-state index contributed by atoms with van der Waals surface area (Å²) in [5, 5.41) is 5.82. The Hall–Kier alpha value is -3.07. The monoisotopic (exact) mass is 374 g/mol. The number of hydrogen-bond donors (Lipinski definition) is 3. The Balaban J connectivity index is 0.000000199. The first-order valence-electron chi connectivity index (χ1n) is 8.62. The molecular formula is C18H26N6O3. The largest absolute Gasteiger partial charge is 0.497 e. The van der Waals surface area contributed by atoms with Gasteiger partial charge < -0.3 is 30.7 Å². The lowest BCUT2D eigenvalue weighted by Gasteiger charge is -2.27. The second-order valence-electron chi connectivity index (χ2n) is 5.62. The highest BCUT2D eigenvalue weighted by Gasteiger charge is 2.17. The van der Waals surface area contributed by atoms with Crippen LogP contribution in [-0.2, 0) is 4.79 Å². The molecule has 1 saturated heterocycles. The molecule has 1 amide bonds.